The van der Waals surface area contributed by atoms with Crippen LogP contribution in [0.1, 0.15) is 33.6 Å². The molecule has 0 aromatic rings. The van der Waals surface area contributed by atoms with Crippen molar-refractivity contribution < 1.29 is 9.59 Å². The van der Waals surface area contributed by atoms with E-state index in [0.29, 0.717) is 13.1 Å². The molecule has 0 spiro atoms. The van der Waals surface area contributed by atoms with Gasteiger partial charge >= 0.3 is 0 Å². The zero-order valence-electron chi connectivity index (χ0n) is 10.9. The topological polar surface area (TPSA) is 75.4 Å². The highest BCUT2D eigenvalue weighted by atomic mass is 16.2. The van der Waals surface area contributed by atoms with Gasteiger partial charge in [-0.15, -0.1) is 0 Å². The molecule has 0 aromatic carbocycles. The van der Waals surface area contributed by atoms with Crippen molar-refractivity contribution >= 4 is 11.8 Å². The highest BCUT2D eigenvalue weighted by Gasteiger charge is 2.31. The summed E-state index contributed by atoms with van der Waals surface area (Å²) in [6.45, 7) is 6.81. The van der Waals surface area contributed by atoms with Gasteiger partial charge in [0.1, 0.15) is 0 Å². The lowest BCUT2D eigenvalue weighted by molar-refractivity contribution is -0.136. The van der Waals surface area contributed by atoms with Crippen molar-refractivity contribution in [1.29, 1.82) is 0 Å². The molecule has 2 unspecified atom stereocenters. The summed E-state index contributed by atoms with van der Waals surface area (Å²) in [5.41, 5.74) is 5.30. The van der Waals surface area contributed by atoms with E-state index in [1.165, 1.54) is 0 Å². The summed E-state index contributed by atoms with van der Waals surface area (Å²) in [6.07, 6.45) is 1.64. The van der Waals surface area contributed by atoms with Gasteiger partial charge in [0.05, 0.1) is 12.5 Å². The number of hydrogen-bond acceptors (Lipinski definition) is 3. The monoisotopic (exact) mass is 241 g/mol. The van der Waals surface area contributed by atoms with Crippen LogP contribution in [0.3, 0.4) is 0 Å². The van der Waals surface area contributed by atoms with Gasteiger partial charge < -0.3 is 16.0 Å². The molecule has 5 nitrogen and oxygen atoms in total. The molecule has 0 aromatic heterocycles. The fourth-order valence-electron chi connectivity index (χ4n) is 2.08. The fourth-order valence-corrected chi connectivity index (χ4v) is 2.08. The Morgan fingerprint density at radius 1 is 1.41 bits per heavy atom. The number of likely N-dealkylation sites (tertiary alicyclic amines) is 1. The van der Waals surface area contributed by atoms with Crippen LogP contribution in [0.2, 0.25) is 0 Å². The van der Waals surface area contributed by atoms with Gasteiger partial charge in [0.15, 0.2) is 0 Å². The average molecular weight is 241 g/mol. The molecule has 17 heavy (non-hydrogen) atoms. The van der Waals surface area contributed by atoms with Gasteiger partial charge in [0.2, 0.25) is 11.8 Å². The first-order chi connectivity index (χ1) is 7.91. The van der Waals surface area contributed by atoms with E-state index in [9.17, 15) is 9.59 Å². The smallest absolute Gasteiger partial charge is 0.236 e. The predicted octanol–water partition coefficient (Wildman–Crippen LogP) is 0.0968. The Balaban J connectivity index is 2.54. The van der Waals surface area contributed by atoms with Gasteiger partial charge in [-0.25, -0.2) is 0 Å². The Bertz CT molecular complexity index is 291. The maximum atomic E-state index is 12.0. The SMILES string of the molecule is CC(C)NCC(=O)N1CC(C(N)=O)CCC1C. The van der Waals surface area contributed by atoms with Crippen molar-refractivity contribution in [3.05, 3.63) is 0 Å². The highest BCUT2D eigenvalue weighted by Crippen LogP contribution is 2.21. The summed E-state index contributed by atoms with van der Waals surface area (Å²) in [4.78, 5) is 24.9. The van der Waals surface area contributed by atoms with Gasteiger partial charge in [0, 0.05) is 18.6 Å². The maximum absolute atomic E-state index is 12.0. The first kappa shape index (κ1) is 14.0. The lowest BCUT2D eigenvalue weighted by atomic mass is 9.93. The number of rotatable bonds is 4. The van der Waals surface area contributed by atoms with Crippen LogP contribution < -0.4 is 11.1 Å². The van der Waals surface area contributed by atoms with Crippen molar-refractivity contribution in [2.75, 3.05) is 13.1 Å². The average Bonchev–Trinajstić information content (AvgIpc) is 2.26. The number of nitrogens with zero attached hydrogens (tertiary/aromatic N) is 1. The van der Waals surface area contributed by atoms with Gasteiger partial charge in [-0.2, -0.15) is 0 Å². The van der Waals surface area contributed by atoms with E-state index in [1.807, 2.05) is 20.8 Å². The minimum absolute atomic E-state index is 0.0529. The third kappa shape index (κ3) is 4.00. The quantitative estimate of drug-likeness (QED) is 0.733. The van der Waals surface area contributed by atoms with Crippen molar-refractivity contribution in [2.45, 2.75) is 45.7 Å². The number of hydrogen-bond donors (Lipinski definition) is 2. The lowest BCUT2D eigenvalue weighted by Crippen LogP contribution is -2.51. The van der Waals surface area contributed by atoms with Crippen LogP contribution in [0.15, 0.2) is 0 Å². The van der Waals surface area contributed by atoms with E-state index in [4.69, 9.17) is 5.73 Å². The van der Waals surface area contributed by atoms with Crippen LogP contribution in [-0.4, -0.2) is 41.9 Å². The van der Waals surface area contributed by atoms with Crippen molar-refractivity contribution in [2.24, 2.45) is 11.7 Å². The van der Waals surface area contributed by atoms with Crippen LogP contribution in [-0.2, 0) is 9.59 Å². The zero-order chi connectivity index (χ0) is 13.0. The molecule has 0 aliphatic carbocycles. The van der Waals surface area contributed by atoms with Crippen molar-refractivity contribution in [1.82, 2.24) is 10.2 Å². The molecule has 0 radical (unpaired) electrons. The molecule has 5 heteroatoms. The van der Waals surface area contributed by atoms with Gasteiger partial charge in [-0.05, 0) is 19.8 Å². The van der Waals surface area contributed by atoms with E-state index in [2.05, 4.69) is 5.32 Å². The summed E-state index contributed by atoms with van der Waals surface area (Å²) in [7, 11) is 0. The molecule has 1 aliphatic heterocycles. The largest absolute Gasteiger partial charge is 0.369 e. The Morgan fingerprint density at radius 2 is 2.06 bits per heavy atom. The van der Waals surface area contributed by atoms with Crippen molar-refractivity contribution in [3.63, 3.8) is 0 Å². The first-order valence-electron chi connectivity index (χ1n) is 6.24. The Morgan fingerprint density at radius 3 is 2.59 bits per heavy atom. The van der Waals surface area contributed by atoms with E-state index >= 15 is 0 Å². The van der Waals surface area contributed by atoms with Crippen LogP contribution in [0.5, 0.6) is 0 Å². The molecular weight excluding hydrogens is 218 g/mol. The number of piperidine rings is 1. The summed E-state index contributed by atoms with van der Waals surface area (Å²) < 4.78 is 0. The minimum Gasteiger partial charge on any atom is -0.369 e. The minimum atomic E-state index is -0.300. The normalized spacial score (nSPS) is 25.1. The molecule has 0 saturated carbocycles. The molecule has 1 fully saturated rings. The molecular formula is C12H23N3O2. The number of nitrogens with one attached hydrogen (secondary N) is 1. The third-order valence-electron chi connectivity index (χ3n) is 3.27. The fraction of sp³-hybridized carbons (Fsp3) is 0.833. The summed E-state index contributed by atoms with van der Waals surface area (Å²) in [6, 6.07) is 0.484. The van der Waals surface area contributed by atoms with E-state index in [-0.39, 0.29) is 29.8 Å². The number of primary amides is 1. The Labute approximate surface area is 103 Å². The molecule has 98 valence electrons. The summed E-state index contributed by atoms with van der Waals surface area (Å²) >= 11 is 0. The molecule has 1 heterocycles. The van der Waals surface area contributed by atoms with E-state index in [1.54, 1.807) is 4.90 Å². The molecule has 1 rings (SSSR count). The molecule has 1 aliphatic rings. The number of carbonyl (C=O) groups excluding carboxylic acids is 2. The second-order valence-electron chi connectivity index (χ2n) is 5.11. The van der Waals surface area contributed by atoms with Crippen LogP contribution in [0, 0.1) is 5.92 Å². The number of carbonyl (C=O) groups is 2. The molecule has 3 N–H and O–H groups in total. The third-order valence-corrected chi connectivity index (χ3v) is 3.27. The van der Waals surface area contributed by atoms with Crippen LogP contribution in [0.4, 0.5) is 0 Å². The molecule has 2 atom stereocenters. The Hall–Kier alpha value is -1.10. The second kappa shape index (κ2) is 6.00. The zero-order valence-corrected chi connectivity index (χ0v) is 10.9. The summed E-state index contributed by atoms with van der Waals surface area (Å²) in [5, 5.41) is 3.10. The van der Waals surface area contributed by atoms with Gasteiger partial charge in [0.25, 0.3) is 0 Å². The van der Waals surface area contributed by atoms with Crippen molar-refractivity contribution in [3.8, 4) is 0 Å². The van der Waals surface area contributed by atoms with E-state index in [0.717, 1.165) is 12.8 Å². The molecule has 1 saturated heterocycles. The Kier molecular flexibility index (Phi) is 4.93. The number of nitrogens with two attached hydrogens (primary N) is 1. The summed E-state index contributed by atoms with van der Waals surface area (Å²) in [5.74, 6) is -0.433. The number of amides is 2. The molecule has 0 bridgehead atoms. The lowest BCUT2D eigenvalue weighted by Gasteiger charge is -2.37. The second-order valence-corrected chi connectivity index (χ2v) is 5.11. The van der Waals surface area contributed by atoms with E-state index < -0.39 is 0 Å². The van der Waals surface area contributed by atoms with Gasteiger partial charge in [-0.1, -0.05) is 13.8 Å². The van der Waals surface area contributed by atoms with Crippen LogP contribution in [0.25, 0.3) is 0 Å². The highest BCUT2D eigenvalue weighted by molar-refractivity contribution is 5.81. The molecule has 2 amide bonds. The predicted molar refractivity (Wildman–Crippen MR) is 66.2 cm³/mol. The van der Waals surface area contributed by atoms with Gasteiger partial charge in [-0.3, -0.25) is 9.59 Å². The first-order valence-corrected chi connectivity index (χ1v) is 6.24. The van der Waals surface area contributed by atoms with Crippen LogP contribution >= 0.6 is 0 Å². The standard InChI is InChI=1S/C12H23N3O2/c1-8(2)14-6-11(16)15-7-10(12(13)17)5-4-9(15)3/h8-10,14H,4-7H2,1-3H3,(H2,13,17). The maximum Gasteiger partial charge on any atom is 0.236 e.